The summed E-state index contributed by atoms with van der Waals surface area (Å²) in [5.41, 5.74) is 1.80. The van der Waals surface area contributed by atoms with E-state index in [0.717, 1.165) is 18.4 Å². The van der Waals surface area contributed by atoms with Crippen LogP contribution in [-0.2, 0) is 22.4 Å². The summed E-state index contributed by atoms with van der Waals surface area (Å²) < 4.78 is 5.52. The van der Waals surface area contributed by atoms with E-state index in [9.17, 15) is 4.79 Å². The van der Waals surface area contributed by atoms with Crippen LogP contribution >= 0.6 is 0 Å². The number of carbonyl (C=O) groups is 1. The smallest absolute Gasteiger partial charge is 0.309 e. The zero-order chi connectivity index (χ0) is 14.8. The molecule has 1 aromatic rings. The van der Waals surface area contributed by atoms with Gasteiger partial charge in [0.2, 0.25) is 0 Å². The molecule has 1 aromatic carbocycles. The lowest BCUT2D eigenvalue weighted by Crippen LogP contribution is -2.26. The van der Waals surface area contributed by atoms with Gasteiger partial charge in [0.25, 0.3) is 0 Å². The van der Waals surface area contributed by atoms with Crippen LogP contribution in [-0.4, -0.2) is 23.8 Å². The molecule has 0 aromatic heterocycles. The molecular formula is C17H24O3. The van der Waals surface area contributed by atoms with Crippen molar-refractivity contribution in [2.75, 3.05) is 7.11 Å². The highest BCUT2D eigenvalue weighted by Gasteiger charge is 2.42. The second-order valence-electron chi connectivity index (χ2n) is 6.57. The molecule has 3 heteroatoms. The Bertz CT molecular complexity index is 470. The standard InChI is InChI=1S/C17H24O3/c1-16(2,15(18)19)12-14-6-4-13(5-7-14)8-9-17(20-3)10-11-17/h4-7H,8-12H2,1-3H3,(H,18,19). The van der Waals surface area contributed by atoms with E-state index < -0.39 is 11.4 Å². The van der Waals surface area contributed by atoms with Gasteiger partial charge in [-0.15, -0.1) is 0 Å². The van der Waals surface area contributed by atoms with E-state index in [0.29, 0.717) is 6.42 Å². The predicted molar refractivity (Wildman–Crippen MR) is 78.9 cm³/mol. The number of ether oxygens (including phenoxy) is 1. The first-order valence-corrected chi connectivity index (χ1v) is 7.23. The summed E-state index contributed by atoms with van der Waals surface area (Å²) in [4.78, 5) is 11.1. The van der Waals surface area contributed by atoms with Crippen molar-refractivity contribution in [2.45, 2.75) is 51.6 Å². The fourth-order valence-corrected chi connectivity index (χ4v) is 2.48. The molecule has 1 aliphatic carbocycles. The molecule has 0 saturated heterocycles. The summed E-state index contributed by atoms with van der Waals surface area (Å²) >= 11 is 0. The number of carboxylic acids is 1. The highest BCUT2D eigenvalue weighted by Crippen LogP contribution is 2.42. The lowest BCUT2D eigenvalue weighted by atomic mass is 9.85. The van der Waals surface area contributed by atoms with Gasteiger partial charge in [-0.25, -0.2) is 0 Å². The number of methoxy groups -OCH3 is 1. The number of aryl methyl sites for hydroxylation is 1. The monoisotopic (exact) mass is 276 g/mol. The van der Waals surface area contributed by atoms with E-state index in [1.165, 1.54) is 18.4 Å². The summed E-state index contributed by atoms with van der Waals surface area (Å²) in [7, 11) is 1.80. The molecule has 0 bridgehead atoms. The van der Waals surface area contributed by atoms with Gasteiger partial charge >= 0.3 is 5.97 Å². The molecule has 0 spiro atoms. The van der Waals surface area contributed by atoms with Gasteiger partial charge in [-0.3, -0.25) is 4.79 Å². The molecule has 1 N–H and O–H groups in total. The van der Waals surface area contributed by atoms with Crippen LogP contribution in [0, 0.1) is 5.41 Å². The summed E-state index contributed by atoms with van der Waals surface area (Å²) in [6.45, 7) is 3.53. The molecule has 3 nitrogen and oxygen atoms in total. The topological polar surface area (TPSA) is 46.5 Å². The SMILES string of the molecule is COC1(CCc2ccc(CC(C)(C)C(=O)O)cc2)CC1. The summed E-state index contributed by atoms with van der Waals surface area (Å²) in [5.74, 6) is -0.752. The minimum atomic E-state index is -0.752. The normalized spacial score (nSPS) is 16.9. The van der Waals surface area contributed by atoms with Crippen molar-refractivity contribution < 1.29 is 14.6 Å². The molecule has 2 rings (SSSR count). The van der Waals surface area contributed by atoms with Crippen molar-refractivity contribution in [1.29, 1.82) is 0 Å². The first-order chi connectivity index (χ1) is 9.37. The second-order valence-corrected chi connectivity index (χ2v) is 6.57. The van der Waals surface area contributed by atoms with Gasteiger partial charge < -0.3 is 9.84 Å². The molecule has 1 saturated carbocycles. The molecule has 110 valence electrons. The third-order valence-electron chi connectivity index (χ3n) is 4.36. The molecule has 0 radical (unpaired) electrons. The van der Waals surface area contributed by atoms with Gasteiger partial charge in [0.15, 0.2) is 0 Å². The first-order valence-electron chi connectivity index (χ1n) is 7.23. The average molecular weight is 276 g/mol. The third-order valence-corrected chi connectivity index (χ3v) is 4.36. The van der Waals surface area contributed by atoms with Gasteiger partial charge in [-0.05, 0) is 57.1 Å². The Hall–Kier alpha value is -1.35. The van der Waals surface area contributed by atoms with Crippen molar-refractivity contribution in [2.24, 2.45) is 5.41 Å². The molecule has 0 unspecified atom stereocenters. The van der Waals surface area contributed by atoms with E-state index in [2.05, 4.69) is 12.1 Å². The maximum absolute atomic E-state index is 11.1. The van der Waals surface area contributed by atoms with Crippen LogP contribution in [0.25, 0.3) is 0 Å². The fourth-order valence-electron chi connectivity index (χ4n) is 2.48. The maximum Gasteiger partial charge on any atom is 0.309 e. The van der Waals surface area contributed by atoms with Crippen molar-refractivity contribution in [1.82, 2.24) is 0 Å². The molecule has 1 fully saturated rings. The quantitative estimate of drug-likeness (QED) is 0.829. The lowest BCUT2D eigenvalue weighted by Gasteiger charge is -2.19. The Labute approximate surface area is 121 Å². The Morgan fingerprint density at radius 1 is 1.25 bits per heavy atom. The molecular weight excluding hydrogens is 252 g/mol. The van der Waals surface area contributed by atoms with Gasteiger partial charge in [-0.1, -0.05) is 24.3 Å². The molecule has 1 aliphatic rings. The van der Waals surface area contributed by atoms with E-state index in [1.54, 1.807) is 21.0 Å². The number of hydrogen-bond donors (Lipinski definition) is 1. The number of carboxylic acid groups (broad SMARTS) is 1. The third kappa shape index (κ3) is 3.60. The van der Waals surface area contributed by atoms with E-state index >= 15 is 0 Å². The van der Waals surface area contributed by atoms with Crippen LogP contribution in [0.1, 0.15) is 44.2 Å². The summed E-state index contributed by atoms with van der Waals surface area (Å²) in [6.07, 6.45) is 5.01. The number of rotatable bonds is 7. The average Bonchev–Trinajstić information content (AvgIpc) is 3.18. The van der Waals surface area contributed by atoms with Crippen LogP contribution in [0.3, 0.4) is 0 Å². The Morgan fingerprint density at radius 2 is 1.80 bits per heavy atom. The summed E-state index contributed by atoms with van der Waals surface area (Å²) in [5, 5.41) is 9.15. The van der Waals surface area contributed by atoms with Crippen molar-refractivity contribution in [3.8, 4) is 0 Å². The van der Waals surface area contributed by atoms with E-state index in [-0.39, 0.29) is 5.60 Å². The Balaban J connectivity index is 1.91. The van der Waals surface area contributed by atoms with Crippen LogP contribution in [0.15, 0.2) is 24.3 Å². The molecule has 0 heterocycles. The van der Waals surface area contributed by atoms with Crippen LogP contribution in [0.2, 0.25) is 0 Å². The van der Waals surface area contributed by atoms with Gasteiger partial charge in [0, 0.05) is 7.11 Å². The predicted octanol–water partition coefficient (Wildman–Crippen LogP) is 3.45. The number of aliphatic carboxylic acids is 1. The minimum absolute atomic E-state index is 0.143. The lowest BCUT2D eigenvalue weighted by molar-refractivity contribution is -0.146. The van der Waals surface area contributed by atoms with Crippen molar-refractivity contribution in [3.63, 3.8) is 0 Å². The Kier molecular flexibility index (Phi) is 4.19. The molecule has 20 heavy (non-hydrogen) atoms. The first kappa shape index (κ1) is 15.0. The van der Waals surface area contributed by atoms with Gasteiger partial charge in [0.05, 0.1) is 11.0 Å². The zero-order valence-electron chi connectivity index (χ0n) is 12.6. The minimum Gasteiger partial charge on any atom is -0.481 e. The fraction of sp³-hybridized carbons (Fsp3) is 0.588. The highest BCUT2D eigenvalue weighted by atomic mass is 16.5. The molecule has 0 atom stereocenters. The van der Waals surface area contributed by atoms with Crippen molar-refractivity contribution in [3.05, 3.63) is 35.4 Å². The second kappa shape index (κ2) is 5.57. The molecule has 0 aliphatic heterocycles. The van der Waals surface area contributed by atoms with E-state index in [4.69, 9.17) is 9.84 Å². The van der Waals surface area contributed by atoms with E-state index in [1.807, 2.05) is 12.1 Å². The molecule has 0 amide bonds. The Morgan fingerprint density at radius 3 is 2.25 bits per heavy atom. The van der Waals surface area contributed by atoms with Crippen LogP contribution in [0.5, 0.6) is 0 Å². The largest absolute Gasteiger partial charge is 0.481 e. The van der Waals surface area contributed by atoms with Crippen LogP contribution < -0.4 is 0 Å². The highest BCUT2D eigenvalue weighted by molar-refractivity contribution is 5.74. The van der Waals surface area contributed by atoms with Gasteiger partial charge in [0.1, 0.15) is 0 Å². The number of benzene rings is 1. The number of hydrogen-bond acceptors (Lipinski definition) is 2. The summed E-state index contributed by atoms with van der Waals surface area (Å²) in [6, 6.07) is 8.32. The zero-order valence-corrected chi connectivity index (χ0v) is 12.6. The van der Waals surface area contributed by atoms with Crippen LogP contribution in [0.4, 0.5) is 0 Å². The van der Waals surface area contributed by atoms with Gasteiger partial charge in [-0.2, -0.15) is 0 Å². The van der Waals surface area contributed by atoms with Crippen molar-refractivity contribution >= 4 is 5.97 Å². The maximum atomic E-state index is 11.1.